The van der Waals surface area contributed by atoms with Crippen LogP contribution in [-0.4, -0.2) is 43.1 Å². The van der Waals surface area contributed by atoms with E-state index >= 15 is 0 Å². The van der Waals surface area contributed by atoms with E-state index in [1.165, 1.54) is 83.1 Å². The topological polar surface area (TPSA) is 57.2 Å². The third-order valence-corrected chi connectivity index (χ3v) is 6.38. The molecule has 0 saturated heterocycles. The van der Waals surface area contributed by atoms with Crippen molar-refractivity contribution in [2.24, 2.45) is 0 Å². The second-order valence-electron chi connectivity index (χ2n) is 7.67. The van der Waals surface area contributed by atoms with Crippen LogP contribution in [0.2, 0.25) is 0 Å². The fourth-order valence-corrected chi connectivity index (χ4v) is 3.91. The quantitative estimate of drug-likeness (QED) is 0.124. The number of aryl methyl sites for hydroxylation is 1. The first-order valence-electron chi connectivity index (χ1n) is 10.7. The van der Waals surface area contributed by atoms with Crippen LogP contribution in [0.5, 0.6) is 0 Å². The molecule has 0 spiro atoms. The van der Waals surface area contributed by atoms with Gasteiger partial charge in [-0.2, -0.15) is 0 Å². The molecule has 0 aliphatic heterocycles. The number of benzene rings is 1. The Balaban J connectivity index is 0.000000567. The lowest BCUT2D eigenvalue weighted by atomic mass is 10.1. The van der Waals surface area contributed by atoms with Crippen LogP contribution < -0.4 is 0 Å². The van der Waals surface area contributed by atoms with Gasteiger partial charge in [-0.05, 0) is 44.7 Å². The average molecular weight is 434 g/mol. The standard InChI is InChI=1S/C15H33ClN.C7H8O3S/c1-4-7-10-11-14-17(15-16,12-8-5-2)13-9-6-3;1-6-2-4-7(5-3-6)11(8,9)10/h4-15H2,1-3H3;2-5H,1H3,(H,8,9,10)/q+1;/p-1. The van der Waals surface area contributed by atoms with Gasteiger partial charge >= 0.3 is 0 Å². The zero-order valence-electron chi connectivity index (χ0n) is 18.3. The Bertz CT molecular complexity index is 595. The van der Waals surface area contributed by atoms with Gasteiger partial charge in [0.15, 0.2) is 6.00 Å². The first kappa shape index (κ1) is 27.4. The molecule has 0 amide bonds. The van der Waals surface area contributed by atoms with Gasteiger partial charge in [0.1, 0.15) is 10.1 Å². The first-order chi connectivity index (χ1) is 13.2. The molecule has 0 saturated carbocycles. The number of rotatable bonds is 13. The Morgan fingerprint density at radius 1 is 0.821 bits per heavy atom. The highest BCUT2D eigenvalue weighted by atomic mass is 35.5. The molecule has 0 fully saturated rings. The lowest BCUT2D eigenvalue weighted by molar-refractivity contribution is -0.918. The van der Waals surface area contributed by atoms with Gasteiger partial charge in [0.2, 0.25) is 0 Å². The fraction of sp³-hybridized carbons (Fsp3) is 0.727. The molecular weight excluding hydrogens is 394 g/mol. The summed E-state index contributed by atoms with van der Waals surface area (Å²) in [5.41, 5.74) is 0.928. The molecule has 1 rings (SSSR count). The molecule has 0 N–H and O–H groups in total. The largest absolute Gasteiger partial charge is 0.744 e. The molecule has 164 valence electrons. The molecule has 1 aromatic carbocycles. The molecule has 0 aliphatic carbocycles. The normalized spacial score (nSPS) is 11.8. The van der Waals surface area contributed by atoms with Crippen LogP contribution in [0.15, 0.2) is 29.2 Å². The first-order valence-corrected chi connectivity index (χ1v) is 12.6. The van der Waals surface area contributed by atoms with Crippen molar-refractivity contribution in [3.05, 3.63) is 29.8 Å². The van der Waals surface area contributed by atoms with Crippen LogP contribution in [0.1, 0.15) is 77.7 Å². The second-order valence-corrected chi connectivity index (χ2v) is 9.29. The summed E-state index contributed by atoms with van der Waals surface area (Å²) in [7, 11) is -4.27. The van der Waals surface area contributed by atoms with Crippen LogP contribution in [0.25, 0.3) is 0 Å². The average Bonchev–Trinajstić information content (AvgIpc) is 2.67. The van der Waals surface area contributed by atoms with Crippen molar-refractivity contribution in [2.45, 2.75) is 84.0 Å². The zero-order chi connectivity index (χ0) is 21.5. The van der Waals surface area contributed by atoms with Crippen LogP contribution in [0.4, 0.5) is 0 Å². The number of nitrogens with zero attached hydrogens (tertiary/aromatic N) is 1. The van der Waals surface area contributed by atoms with E-state index in [9.17, 15) is 13.0 Å². The third-order valence-electron chi connectivity index (χ3n) is 5.02. The maximum atomic E-state index is 10.4. The van der Waals surface area contributed by atoms with Crippen LogP contribution in [0, 0.1) is 6.92 Å². The summed E-state index contributed by atoms with van der Waals surface area (Å²) in [6, 6.07) is 6.59. The van der Waals surface area contributed by atoms with Gasteiger partial charge in [0.25, 0.3) is 0 Å². The van der Waals surface area contributed by atoms with Crippen LogP contribution in [0.3, 0.4) is 0 Å². The van der Waals surface area contributed by atoms with E-state index in [1.807, 2.05) is 6.92 Å². The molecule has 6 heteroatoms. The van der Waals surface area contributed by atoms with Crippen molar-refractivity contribution in [2.75, 3.05) is 25.6 Å². The molecule has 0 bridgehead atoms. The highest BCUT2D eigenvalue weighted by Crippen LogP contribution is 2.16. The van der Waals surface area contributed by atoms with Gasteiger partial charge in [-0.1, -0.05) is 75.8 Å². The van der Waals surface area contributed by atoms with Crippen LogP contribution >= 0.6 is 11.6 Å². The number of unbranched alkanes of at least 4 members (excludes halogenated alkanes) is 5. The van der Waals surface area contributed by atoms with E-state index < -0.39 is 10.1 Å². The number of quaternary nitrogens is 1. The molecule has 0 aromatic heterocycles. The molecule has 0 radical (unpaired) electrons. The second kappa shape index (κ2) is 15.3. The van der Waals surface area contributed by atoms with Gasteiger partial charge in [0.05, 0.1) is 24.5 Å². The van der Waals surface area contributed by atoms with Gasteiger partial charge < -0.3 is 9.04 Å². The van der Waals surface area contributed by atoms with Crippen molar-refractivity contribution in [3.63, 3.8) is 0 Å². The zero-order valence-corrected chi connectivity index (χ0v) is 19.8. The Kier molecular flexibility index (Phi) is 14.9. The maximum absolute atomic E-state index is 10.4. The SMILES string of the molecule is CCCCCC[N+](CCl)(CCCC)CCCC.Cc1ccc(S(=O)(=O)[O-])cc1. The Labute approximate surface area is 178 Å². The van der Waals surface area contributed by atoms with Crippen LogP contribution in [-0.2, 0) is 10.1 Å². The predicted octanol–water partition coefficient (Wildman–Crippen LogP) is 6.08. The van der Waals surface area contributed by atoms with Crippen molar-refractivity contribution in [3.8, 4) is 0 Å². The maximum Gasteiger partial charge on any atom is 0.154 e. The van der Waals surface area contributed by atoms with Gasteiger partial charge in [-0.3, -0.25) is 0 Å². The molecule has 0 aliphatic rings. The Morgan fingerprint density at radius 2 is 1.29 bits per heavy atom. The molecule has 0 unspecified atom stereocenters. The molecule has 0 atom stereocenters. The van der Waals surface area contributed by atoms with Gasteiger partial charge in [-0.15, -0.1) is 0 Å². The monoisotopic (exact) mass is 433 g/mol. The molecule has 4 nitrogen and oxygen atoms in total. The third kappa shape index (κ3) is 12.1. The van der Waals surface area contributed by atoms with Gasteiger partial charge in [-0.25, -0.2) is 8.42 Å². The number of hydrogen-bond acceptors (Lipinski definition) is 3. The van der Waals surface area contributed by atoms with E-state index in [4.69, 9.17) is 11.6 Å². The van der Waals surface area contributed by atoms with E-state index in [0.29, 0.717) is 0 Å². The predicted molar refractivity (Wildman–Crippen MR) is 119 cm³/mol. The summed E-state index contributed by atoms with van der Waals surface area (Å²) in [6.45, 7) is 12.5. The summed E-state index contributed by atoms with van der Waals surface area (Å²) in [4.78, 5) is -0.178. The summed E-state index contributed by atoms with van der Waals surface area (Å²) < 4.78 is 32.3. The number of alkyl halides is 1. The number of halogens is 1. The Morgan fingerprint density at radius 3 is 1.68 bits per heavy atom. The van der Waals surface area contributed by atoms with Gasteiger partial charge in [0, 0.05) is 0 Å². The minimum Gasteiger partial charge on any atom is -0.744 e. The smallest absolute Gasteiger partial charge is 0.154 e. The fourth-order valence-electron chi connectivity index (χ4n) is 3.08. The van der Waals surface area contributed by atoms with Crippen molar-refractivity contribution in [1.29, 1.82) is 0 Å². The van der Waals surface area contributed by atoms with Crippen molar-refractivity contribution >= 4 is 21.7 Å². The summed E-state index contributed by atoms with van der Waals surface area (Å²) in [6.07, 6.45) is 10.7. The highest BCUT2D eigenvalue weighted by molar-refractivity contribution is 7.85. The van der Waals surface area contributed by atoms with Crippen molar-refractivity contribution in [1.82, 2.24) is 0 Å². The van der Waals surface area contributed by atoms with E-state index in [0.717, 1.165) is 16.1 Å². The molecule has 28 heavy (non-hydrogen) atoms. The Hall–Kier alpha value is -0.620. The minimum absolute atomic E-state index is 0.178. The molecular formula is C22H40ClNO3S. The lowest BCUT2D eigenvalue weighted by Gasteiger charge is -2.37. The van der Waals surface area contributed by atoms with Crippen molar-refractivity contribution < 1.29 is 17.5 Å². The van der Waals surface area contributed by atoms with E-state index in [2.05, 4.69) is 20.8 Å². The van der Waals surface area contributed by atoms with E-state index in [1.54, 1.807) is 12.1 Å². The lowest BCUT2D eigenvalue weighted by Crippen LogP contribution is -2.49. The summed E-state index contributed by atoms with van der Waals surface area (Å²) in [5, 5.41) is 0. The highest BCUT2D eigenvalue weighted by Gasteiger charge is 2.24. The van der Waals surface area contributed by atoms with E-state index in [-0.39, 0.29) is 4.90 Å². The summed E-state index contributed by atoms with van der Waals surface area (Å²) >= 11 is 6.28. The minimum atomic E-state index is -4.27. The summed E-state index contributed by atoms with van der Waals surface area (Å²) in [5.74, 6) is 0. The molecule has 1 aromatic rings. The number of hydrogen-bond donors (Lipinski definition) is 0. The molecule has 0 heterocycles.